The van der Waals surface area contributed by atoms with Crippen LogP contribution in [0.25, 0.3) is 0 Å². The molecule has 1 aliphatic rings. The van der Waals surface area contributed by atoms with Gasteiger partial charge in [0, 0.05) is 25.2 Å². The molecule has 1 heterocycles. The van der Waals surface area contributed by atoms with Gasteiger partial charge >= 0.3 is 0 Å². The zero-order valence-electron chi connectivity index (χ0n) is 15.8. The molecule has 2 aromatic rings. The van der Waals surface area contributed by atoms with Crippen LogP contribution in [0.5, 0.6) is 0 Å². The van der Waals surface area contributed by atoms with Gasteiger partial charge in [0.25, 0.3) is 0 Å². The number of fused-ring (bicyclic) bond motifs is 1. The van der Waals surface area contributed by atoms with Gasteiger partial charge in [-0.3, -0.25) is 4.79 Å². The highest BCUT2D eigenvalue weighted by atomic mass is 32.2. The maximum absolute atomic E-state index is 12.8. The van der Waals surface area contributed by atoms with Crippen LogP contribution in [0.15, 0.2) is 53.4 Å². The third-order valence-electron chi connectivity index (χ3n) is 4.93. The predicted octanol–water partition coefficient (Wildman–Crippen LogP) is 3.29. The summed E-state index contributed by atoms with van der Waals surface area (Å²) in [5, 5.41) is 0. The Balaban J connectivity index is 1.70. The fourth-order valence-electron chi connectivity index (χ4n) is 3.49. The quantitative estimate of drug-likeness (QED) is 0.828. The second kappa shape index (κ2) is 8.23. The summed E-state index contributed by atoms with van der Waals surface area (Å²) >= 11 is 0. The average molecular weight is 387 g/mol. The van der Waals surface area contributed by atoms with E-state index >= 15 is 0 Å². The van der Waals surface area contributed by atoms with E-state index in [4.69, 9.17) is 0 Å². The van der Waals surface area contributed by atoms with Crippen molar-refractivity contribution in [2.75, 3.05) is 11.4 Å². The normalized spacial score (nSPS) is 15.3. The summed E-state index contributed by atoms with van der Waals surface area (Å²) in [6.07, 6.45) is 3.18. The largest absolute Gasteiger partial charge is 0.312 e. The lowest BCUT2D eigenvalue weighted by molar-refractivity contribution is -0.116. The van der Waals surface area contributed by atoms with E-state index in [0.29, 0.717) is 6.54 Å². The fraction of sp³-hybridized carbons (Fsp3) is 0.381. The molecule has 0 saturated carbocycles. The van der Waals surface area contributed by atoms with Gasteiger partial charge in [0.05, 0.1) is 4.90 Å². The number of hydrogen-bond acceptors (Lipinski definition) is 3. The summed E-state index contributed by atoms with van der Waals surface area (Å²) in [7, 11) is -3.59. The molecule has 0 aliphatic carbocycles. The van der Waals surface area contributed by atoms with Crippen LogP contribution in [0.2, 0.25) is 0 Å². The minimum atomic E-state index is -3.59. The van der Waals surface area contributed by atoms with Crippen LogP contribution in [-0.4, -0.2) is 26.9 Å². The number of carbonyl (C=O) groups excluding carboxylic acids is 1. The number of sulfonamides is 1. The van der Waals surface area contributed by atoms with Gasteiger partial charge < -0.3 is 4.90 Å². The molecule has 2 aromatic carbocycles. The number of rotatable bonds is 6. The van der Waals surface area contributed by atoms with Crippen molar-refractivity contribution >= 4 is 21.6 Å². The van der Waals surface area contributed by atoms with Gasteiger partial charge in [-0.15, -0.1) is 0 Å². The summed E-state index contributed by atoms with van der Waals surface area (Å²) < 4.78 is 28.3. The van der Waals surface area contributed by atoms with Crippen molar-refractivity contribution in [1.29, 1.82) is 0 Å². The Morgan fingerprint density at radius 2 is 1.93 bits per heavy atom. The molecule has 1 amide bonds. The molecule has 3 rings (SSSR count). The summed E-state index contributed by atoms with van der Waals surface area (Å²) in [5.41, 5.74) is 2.93. The van der Waals surface area contributed by atoms with E-state index in [9.17, 15) is 13.2 Å². The lowest BCUT2D eigenvalue weighted by Gasteiger charge is -2.29. The van der Waals surface area contributed by atoms with E-state index < -0.39 is 10.0 Å². The molecule has 0 spiro atoms. The van der Waals surface area contributed by atoms with Crippen LogP contribution in [0.3, 0.4) is 0 Å². The molecule has 6 heteroatoms. The first kappa shape index (κ1) is 19.6. The van der Waals surface area contributed by atoms with Crippen LogP contribution in [-0.2, 0) is 27.7 Å². The Hall–Kier alpha value is -2.18. The lowest BCUT2D eigenvalue weighted by Crippen LogP contribution is -2.35. The van der Waals surface area contributed by atoms with E-state index in [1.54, 1.807) is 23.1 Å². The highest BCUT2D eigenvalue weighted by Crippen LogP contribution is 2.29. The number of aryl methyl sites for hydroxylation is 2. The Kier molecular flexibility index (Phi) is 5.97. The van der Waals surface area contributed by atoms with Crippen LogP contribution in [0.4, 0.5) is 5.69 Å². The van der Waals surface area contributed by atoms with Gasteiger partial charge in [-0.1, -0.05) is 30.3 Å². The maximum Gasteiger partial charge on any atom is 0.240 e. The van der Waals surface area contributed by atoms with Crippen molar-refractivity contribution in [3.63, 3.8) is 0 Å². The number of nitrogens with one attached hydrogen (secondary N) is 1. The zero-order valence-corrected chi connectivity index (χ0v) is 16.6. The molecule has 5 nitrogen and oxygen atoms in total. The lowest BCUT2D eigenvalue weighted by atomic mass is 10.0. The topological polar surface area (TPSA) is 66.5 Å². The fourth-order valence-corrected chi connectivity index (χ4v) is 4.82. The number of carbonyl (C=O) groups is 1. The number of benzene rings is 2. The number of anilines is 1. The van der Waals surface area contributed by atoms with Crippen LogP contribution in [0, 0.1) is 0 Å². The number of hydrogen-bond donors (Lipinski definition) is 1. The van der Waals surface area contributed by atoms with Crippen molar-refractivity contribution in [3.8, 4) is 0 Å². The summed E-state index contributed by atoms with van der Waals surface area (Å²) in [6, 6.07) is 14.9. The Morgan fingerprint density at radius 1 is 1.19 bits per heavy atom. The van der Waals surface area contributed by atoms with Crippen molar-refractivity contribution in [1.82, 2.24) is 4.72 Å². The first-order valence-electron chi connectivity index (χ1n) is 9.34. The Labute approximate surface area is 161 Å². The molecule has 1 unspecified atom stereocenters. The second-order valence-electron chi connectivity index (χ2n) is 7.11. The molecular formula is C21H26N2O3S. The van der Waals surface area contributed by atoms with Crippen LogP contribution in [0.1, 0.15) is 37.8 Å². The maximum atomic E-state index is 12.8. The number of amides is 1. The Morgan fingerprint density at radius 3 is 2.63 bits per heavy atom. The van der Waals surface area contributed by atoms with Gasteiger partial charge in [0.15, 0.2) is 0 Å². The molecule has 0 aromatic heterocycles. The summed E-state index contributed by atoms with van der Waals surface area (Å²) in [5.74, 6) is -0.0146. The van der Waals surface area contributed by atoms with E-state index in [1.165, 1.54) is 12.5 Å². The van der Waals surface area contributed by atoms with Crippen LogP contribution >= 0.6 is 0 Å². The monoisotopic (exact) mass is 386 g/mol. The van der Waals surface area contributed by atoms with Gasteiger partial charge in [0.2, 0.25) is 15.9 Å². The van der Waals surface area contributed by atoms with E-state index in [-0.39, 0.29) is 16.8 Å². The SMILES string of the molecule is CC(=O)N1CCCc2cc(S(=O)(=O)NC(C)CCc3ccccc3)ccc21. The highest BCUT2D eigenvalue weighted by Gasteiger charge is 2.23. The summed E-state index contributed by atoms with van der Waals surface area (Å²) in [4.78, 5) is 13.7. The standard InChI is InChI=1S/C21H26N2O3S/c1-16(10-11-18-7-4-3-5-8-18)22-27(25,26)20-12-13-21-19(15-20)9-6-14-23(21)17(2)24/h3-5,7-8,12-13,15-16,22H,6,9-11,14H2,1-2H3. The van der Waals surface area contributed by atoms with Gasteiger partial charge in [-0.2, -0.15) is 0 Å². The van der Waals surface area contributed by atoms with Crippen molar-refractivity contribution in [2.24, 2.45) is 0 Å². The first-order chi connectivity index (χ1) is 12.9. The molecule has 0 fully saturated rings. The van der Waals surface area contributed by atoms with Crippen LogP contribution < -0.4 is 9.62 Å². The minimum Gasteiger partial charge on any atom is -0.312 e. The molecule has 144 valence electrons. The molecule has 1 atom stereocenters. The highest BCUT2D eigenvalue weighted by molar-refractivity contribution is 7.89. The molecule has 27 heavy (non-hydrogen) atoms. The van der Waals surface area contributed by atoms with Crippen molar-refractivity contribution in [2.45, 2.75) is 50.5 Å². The smallest absolute Gasteiger partial charge is 0.240 e. The van der Waals surface area contributed by atoms with Gasteiger partial charge in [-0.05, 0) is 61.9 Å². The molecule has 1 N–H and O–H groups in total. The van der Waals surface area contributed by atoms with Gasteiger partial charge in [-0.25, -0.2) is 13.1 Å². The zero-order chi connectivity index (χ0) is 19.4. The molecule has 0 saturated heterocycles. The average Bonchev–Trinajstić information content (AvgIpc) is 2.65. The van der Waals surface area contributed by atoms with E-state index in [2.05, 4.69) is 4.72 Å². The first-order valence-corrected chi connectivity index (χ1v) is 10.8. The Bertz CT molecular complexity index is 910. The molecule has 0 bridgehead atoms. The molecule has 0 radical (unpaired) electrons. The predicted molar refractivity (Wildman–Crippen MR) is 107 cm³/mol. The molecule has 1 aliphatic heterocycles. The minimum absolute atomic E-state index is 0.0146. The van der Waals surface area contributed by atoms with E-state index in [1.807, 2.05) is 37.3 Å². The van der Waals surface area contributed by atoms with Crippen molar-refractivity contribution in [3.05, 3.63) is 59.7 Å². The van der Waals surface area contributed by atoms with Crippen molar-refractivity contribution < 1.29 is 13.2 Å². The third kappa shape index (κ3) is 4.76. The summed E-state index contributed by atoms with van der Waals surface area (Å²) in [6.45, 7) is 4.11. The number of nitrogens with zero attached hydrogens (tertiary/aromatic N) is 1. The third-order valence-corrected chi connectivity index (χ3v) is 6.51. The van der Waals surface area contributed by atoms with E-state index in [0.717, 1.165) is 36.9 Å². The van der Waals surface area contributed by atoms with Gasteiger partial charge in [0.1, 0.15) is 0 Å². The molecular weight excluding hydrogens is 360 g/mol. The second-order valence-corrected chi connectivity index (χ2v) is 8.83.